The van der Waals surface area contributed by atoms with Crippen molar-refractivity contribution >= 4 is 23.4 Å². The molecule has 2 rings (SSSR count). The number of anilines is 1. The van der Waals surface area contributed by atoms with Gasteiger partial charge in [0.15, 0.2) is 0 Å². The van der Waals surface area contributed by atoms with Crippen molar-refractivity contribution in [2.45, 2.75) is 44.8 Å². The van der Waals surface area contributed by atoms with Crippen LogP contribution in [0.25, 0.3) is 0 Å². The van der Waals surface area contributed by atoms with Gasteiger partial charge in [0.2, 0.25) is 0 Å². The first-order valence-electron chi connectivity index (χ1n) is 7.95. The Balaban J connectivity index is 1.97. The zero-order valence-electron chi connectivity index (χ0n) is 13.1. The number of thioether (sulfide) groups is 1. The molecule has 1 aromatic rings. The molecule has 1 amide bonds. The highest BCUT2D eigenvalue weighted by Gasteiger charge is 2.17. The molecule has 2 N–H and O–H groups in total. The zero-order chi connectivity index (χ0) is 15.1. The second-order valence-corrected chi connectivity index (χ2v) is 7.08. The van der Waals surface area contributed by atoms with Crippen molar-refractivity contribution in [2.75, 3.05) is 24.2 Å². The molecule has 116 valence electrons. The molecular weight excluding hydrogens is 280 g/mol. The number of hydrogen-bond donors (Lipinski definition) is 2. The average molecular weight is 306 g/mol. The standard InChI is InChI=1S/C17H26N2OS/c1-3-9-18-16-8-7-13(2)11-15(16)17(20)19-12-14-6-4-5-10-21-14/h7-8,11,14,18H,3-6,9-10,12H2,1-2H3,(H,19,20). The molecule has 1 atom stereocenters. The molecule has 4 heteroatoms. The summed E-state index contributed by atoms with van der Waals surface area (Å²) >= 11 is 1.99. The van der Waals surface area contributed by atoms with Gasteiger partial charge in [0.25, 0.3) is 5.91 Å². The van der Waals surface area contributed by atoms with Crippen molar-refractivity contribution in [3.8, 4) is 0 Å². The Labute approximate surface area is 132 Å². The van der Waals surface area contributed by atoms with Crippen molar-refractivity contribution in [3.05, 3.63) is 29.3 Å². The Morgan fingerprint density at radius 1 is 1.38 bits per heavy atom. The number of aryl methyl sites for hydroxylation is 1. The van der Waals surface area contributed by atoms with E-state index in [9.17, 15) is 4.79 Å². The number of carbonyl (C=O) groups is 1. The van der Waals surface area contributed by atoms with E-state index in [-0.39, 0.29) is 5.91 Å². The van der Waals surface area contributed by atoms with E-state index in [1.165, 1.54) is 25.0 Å². The van der Waals surface area contributed by atoms with Crippen molar-refractivity contribution in [3.63, 3.8) is 0 Å². The Morgan fingerprint density at radius 3 is 2.95 bits per heavy atom. The molecule has 21 heavy (non-hydrogen) atoms. The fraction of sp³-hybridized carbons (Fsp3) is 0.588. The summed E-state index contributed by atoms with van der Waals surface area (Å²) < 4.78 is 0. The minimum atomic E-state index is 0.0449. The van der Waals surface area contributed by atoms with E-state index in [1.807, 2.05) is 36.9 Å². The third-order valence-electron chi connectivity index (χ3n) is 3.75. The third kappa shape index (κ3) is 4.95. The van der Waals surface area contributed by atoms with Gasteiger partial charge in [-0.2, -0.15) is 11.8 Å². The number of benzene rings is 1. The molecule has 0 bridgehead atoms. The van der Waals surface area contributed by atoms with E-state index in [4.69, 9.17) is 0 Å². The van der Waals surface area contributed by atoms with E-state index >= 15 is 0 Å². The Hall–Kier alpha value is -1.16. The summed E-state index contributed by atoms with van der Waals surface area (Å²) in [5, 5.41) is 7.04. The normalized spacial score (nSPS) is 18.3. The Kier molecular flexibility index (Phi) is 6.43. The zero-order valence-corrected chi connectivity index (χ0v) is 13.9. The highest BCUT2D eigenvalue weighted by molar-refractivity contribution is 7.99. The van der Waals surface area contributed by atoms with Gasteiger partial charge in [0.05, 0.1) is 5.56 Å². The number of carbonyl (C=O) groups excluding carboxylic acids is 1. The topological polar surface area (TPSA) is 41.1 Å². The number of nitrogens with one attached hydrogen (secondary N) is 2. The minimum Gasteiger partial charge on any atom is -0.384 e. The second-order valence-electron chi connectivity index (χ2n) is 5.67. The molecule has 1 aliphatic rings. The van der Waals surface area contributed by atoms with Crippen LogP contribution in [0.15, 0.2) is 18.2 Å². The van der Waals surface area contributed by atoms with Gasteiger partial charge in [-0.3, -0.25) is 4.79 Å². The summed E-state index contributed by atoms with van der Waals surface area (Å²) in [7, 11) is 0. The highest BCUT2D eigenvalue weighted by atomic mass is 32.2. The third-order valence-corrected chi connectivity index (χ3v) is 5.15. The summed E-state index contributed by atoms with van der Waals surface area (Å²) in [6, 6.07) is 6.03. The predicted octanol–water partition coefficient (Wildman–Crippen LogP) is 3.83. The molecule has 1 unspecified atom stereocenters. The lowest BCUT2D eigenvalue weighted by atomic mass is 10.1. The lowest BCUT2D eigenvalue weighted by Crippen LogP contribution is -2.32. The van der Waals surface area contributed by atoms with Gasteiger partial charge in [-0.15, -0.1) is 0 Å². The van der Waals surface area contributed by atoms with Crippen molar-refractivity contribution in [2.24, 2.45) is 0 Å². The van der Waals surface area contributed by atoms with E-state index < -0.39 is 0 Å². The monoisotopic (exact) mass is 306 g/mol. The van der Waals surface area contributed by atoms with Gasteiger partial charge in [0.1, 0.15) is 0 Å². The average Bonchev–Trinajstić information content (AvgIpc) is 2.52. The van der Waals surface area contributed by atoms with Crippen LogP contribution in [-0.4, -0.2) is 30.0 Å². The van der Waals surface area contributed by atoms with Crippen LogP contribution in [0.5, 0.6) is 0 Å². The van der Waals surface area contributed by atoms with Gasteiger partial charge in [-0.1, -0.05) is 25.0 Å². The van der Waals surface area contributed by atoms with Crippen LogP contribution in [0, 0.1) is 6.92 Å². The van der Waals surface area contributed by atoms with E-state index in [0.717, 1.165) is 36.3 Å². The molecule has 1 aromatic carbocycles. The quantitative estimate of drug-likeness (QED) is 0.839. The smallest absolute Gasteiger partial charge is 0.253 e. The molecule has 0 aromatic heterocycles. The van der Waals surface area contributed by atoms with Crippen LogP contribution < -0.4 is 10.6 Å². The summed E-state index contributed by atoms with van der Waals surface area (Å²) in [5.41, 5.74) is 2.83. The molecule has 3 nitrogen and oxygen atoms in total. The van der Waals surface area contributed by atoms with Crippen LogP contribution in [-0.2, 0) is 0 Å². The van der Waals surface area contributed by atoms with Crippen molar-refractivity contribution in [1.82, 2.24) is 5.32 Å². The van der Waals surface area contributed by atoms with Gasteiger partial charge >= 0.3 is 0 Å². The summed E-state index contributed by atoms with van der Waals surface area (Å²) in [4.78, 5) is 12.5. The van der Waals surface area contributed by atoms with Crippen LogP contribution in [0.1, 0.15) is 48.5 Å². The van der Waals surface area contributed by atoms with Crippen LogP contribution >= 0.6 is 11.8 Å². The maximum atomic E-state index is 12.5. The summed E-state index contributed by atoms with van der Waals surface area (Å²) in [5.74, 6) is 1.28. The number of hydrogen-bond acceptors (Lipinski definition) is 3. The number of rotatable bonds is 6. The first-order valence-corrected chi connectivity index (χ1v) is 9.00. The van der Waals surface area contributed by atoms with Gasteiger partial charge in [0, 0.05) is 24.0 Å². The molecule has 1 aliphatic heterocycles. The summed E-state index contributed by atoms with van der Waals surface area (Å²) in [6.07, 6.45) is 4.88. The maximum absolute atomic E-state index is 12.5. The lowest BCUT2D eigenvalue weighted by Gasteiger charge is -2.21. The van der Waals surface area contributed by atoms with Crippen LogP contribution in [0.3, 0.4) is 0 Å². The van der Waals surface area contributed by atoms with E-state index in [0.29, 0.717) is 5.25 Å². The van der Waals surface area contributed by atoms with Crippen molar-refractivity contribution in [1.29, 1.82) is 0 Å². The van der Waals surface area contributed by atoms with E-state index in [1.54, 1.807) is 0 Å². The second kappa shape index (κ2) is 8.32. The number of amides is 1. The fourth-order valence-corrected chi connectivity index (χ4v) is 3.77. The molecule has 0 saturated carbocycles. The first kappa shape index (κ1) is 16.2. The minimum absolute atomic E-state index is 0.0449. The maximum Gasteiger partial charge on any atom is 0.253 e. The highest BCUT2D eigenvalue weighted by Crippen LogP contribution is 2.24. The van der Waals surface area contributed by atoms with Crippen LogP contribution in [0.2, 0.25) is 0 Å². The SMILES string of the molecule is CCCNc1ccc(C)cc1C(=O)NCC1CCCCS1. The van der Waals surface area contributed by atoms with Gasteiger partial charge in [-0.25, -0.2) is 0 Å². The largest absolute Gasteiger partial charge is 0.384 e. The molecular formula is C17H26N2OS. The lowest BCUT2D eigenvalue weighted by molar-refractivity contribution is 0.0954. The first-order chi connectivity index (χ1) is 10.2. The fourth-order valence-electron chi connectivity index (χ4n) is 2.53. The Bertz CT molecular complexity index is 470. The molecule has 1 fully saturated rings. The molecule has 0 aliphatic carbocycles. The predicted molar refractivity (Wildman–Crippen MR) is 92.4 cm³/mol. The van der Waals surface area contributed by atoms with Crippen molar-refractivity contribution < 1.29 is 4.79 Å². The summed E-state index contributed by atoms with van der Waals surface area (Å²) in [6.45, 7) is 5.82. The van der Waals surface area contributed by atoms with E-state index in [2.05, 4.69) is 17.6 Å². The molecule has 1 heterocycles. The van der Waals surface area contributed by atoms with Crippen LogP contribution in [0.4, 0.5) is 5.69 Å². The molecule has 0 radical (unpaired) electrons. The molecule has 0 spiro atoms. The van der Waals surface area contributed by atoms with Gasteiger partial charge < -0.3 is 10.6 Å². The molecule has 1 saturated heterocycles. The Morgan fingerprint density at radius 2 is 2.24 bits per heavy atom. The van der Waals surface area contributed by atoms with Gasteiger partial charge in [-0.05, 0) is 44.1 Å².